The fraction of sp³-hybridized carbons (Fsp3) is 0.500. The number of carbonyl (C=O) groups is 2. The second kappa shape index (κ2) is 8.73. The average Bonchev–Trinajstić information content (AvgIpc) is 3.20. The number of anilines is 1. The van der Waals surface area contributed by atoms with Crippen LogP contribution in [0.15, 0.2) is 24.3 Å². The minimum Gasteiger partial charge on any atom is -0.469 e. The molecule has 1 spiro atoms. The normalized spacial score (nSPS) is 17.6. The van der Waals surface area contributed by atoms with E-state index in [4.69, 9.17) is 10.5 Å². The van der Waals surface area contributed by atoms with Crippen molar-refractivity contribution >= 4 is 29.0 Å². The highest BCUT2D eigenvalue weighted by atomic mass is 32.1. The Balaban J connectivity index is 1.44. The molecule has 4 heterocycles. The lowest BCUT2D eigenvalue weighted by Crippen LogP contribution is -2.48. The molecule has 1 fully saturated rings. The van der Waals surface area contributed by atoms with Gasteiger partial charge in [0.1, 0.15) is 5.82 Å². The Bertz CT molecular complexity index is 934. The first-order chi connectivity index (χ1) is 14.5. The number of nitrogens with two attached hydrogens (primary N) is 1. The molecule has 2 aromatic rings. The van der Waals surface area contributed by atoms with Crippen molar-refractivity contribution in [1.29, 1.82) is 0 Å². The van der Waals surface area contributed by atoms with Crippen molar-refractivity contribution in [3.63, 3.8) is 0 Å². The molecule has 2 aromatic heterocycles. The molecule has 8 heteroatoms. The third kappa shape index (κ3) is 4.20. The topological polar surface area (TPSA) is 94.8 Å². The molecule has 160 valence electrons. The standard InChI is InChI=1S/C22H27N3O4S/c1-28-21(27)7-3-6-20(26)25-11-9-22(10-12-25)15-14-18(30-17(15)8-13-29-22)16-4-2-5-19(23)24-16/h2,4-5,14H,3,6-13H2,1H3,(H2,23,24). The van der Waals surface area contributed by atoms with Gasteiger partial charge >= 0.3 is 5.97 Å². The highest BCUT2D eigenvalue weighted by Crippen LogP contribution is 2.46. The van der Waals surface area contributed by atoms with Crippen LogP contribution >= 0.6 is 11.3 Å². The number of nitrogen functional groups attached to an aromatic ring is 1. The second-order valence-corrected chi connectivity index (χ2v) is 8.94. The van der Waals surface area contributed by atoms with Crippen LogP contribution in [0.2, 0.25) is 0 Å². The van der Waals surface area contributed by atoms with E-state index in [0.717, 1.165) is 29.8 Å². The number of piperidine rings is 1. The van der Waals surface area contributed by atoms with Crippen LogP contribution in [0.1, 0.15) is 42.5 Å². The van der Waals surface area contributed by atoms with Gasteiger partial charge in [-0.05, 0) is 43.0 Å². The van der Waals surface area contributed by atoms with Gasteiger partial charge in [-0.15, -0.1) is 11.3 Å². The molecule has 0 bridgehead atoms. The molecule has 2 aliphatic rings. The van der Waals surface area contributed by atoms with E-state index in [0.29, 0.717) is 38.4 Å². The Kier molecular flexibility index (Phi) is 6.06. The van der Waals surface area contributed by atoms with Gasteiger partial charge < -0.3 is 20.1 Å². The number of likely N-dealkylation sites (tertiary alicyclic amines) is 1. The molecule has 7 nitrogen and oxygen atoms in total. The first kappa shape index (κ1) is 20.8. The van der Waals surface area contributed by atoms with Gasteiger partial charge in [-0.25, -0.2) is 4.98 Å². The van der Waals surface area contributed by atoms with Gasteiger partial charge in [0.2, 0.25) is 5.91 Å². The summed E-state index contributed by atoms with van der Waals surface area (Å²) in [5, 5.41) is 0. The summed E-state index contributed by atoms with van der Waals surface area (Å²) in [7, 11) is 1.37. The van der Waals surface area contributed by atoms with Crippen LogP contribution in [0.4, 0.5) is 5.82 Å². The number of methoxy groups -OCH3 is 1. The van der Waals surface area contributed by atoms with Gasteiger partial charge in [-0.1, -0.05) is 6.07 Å². The smallest absolute Gasteiger partial charge is 0.305 e. The van der Waals surface area contributed by atoms with Crippen molar-refractivity contribution in [3.8, 4) is 10.6 Å². The summed E-state index contributed by atoms with van der Waals surface area (Å²) in [5.41, 5.74) is 7.67. The van der Waals surface area contributed by atoms with Crippen molar-refractivity contribution in [2.24, 2.45) is 0 Å². The first-order valence-electron chi connectivity index (χ1n) is 10.4. The predicted octanol–water partition coefficient (Wildman–Crippen LogP) is 3.13. The fourth-order valence-electron chi connectivity index (χ4n) is 4.31. The van der Waals surface area contributed by atoms with Gasteiger partial charge in [0, 0.05) is 37.2 Å². The monoisotopic (exact) mass is 429 g/mol. The molecule has 0 aromatic carbocycles. The summed E-state index contributed by atoms with van der Waals surface area (Å²) in [4.78, 5) is 32.6. The molecular weight excluding hydrogens is 402 g/mol. The molecule has 0 unspecified atom stereocenters. The zero-order valence-electron chi connectivity index (χ0n) is 17.2. The fourth-order valence-corrected chi connectivity index (χ4v) is 5.51. The van der Waals surface area contributed by atoms with Crippen LogP contribution < -0.4 is 5.73 Å². The number of hydrogen-bond acceptors (Lipinski definition) is 7. The number of aromatic nitrogens is 1. The van der Waals surface area contributed by atoms with Gasteiger partial charge in [0.25, 0.3) is 0 Å². The summed E-state index contributed by atoms with van der Waals surface area (Å²) in [6, 6.07) is 7.90. The Morgan fingerprint density at radius 1 is 1.30 bits per heavy atom. The number of rotatable bonds is 5. The zero-order chi connectivity index (χ0) is 21.1. The van der Waals surface area contributed by atoms with Crippen LogP contribution in [0.25, 0.3) is 10.6 Å². The number of pyridine rings is 1. The molecule has 30 heavy (non-hydrogen) atoms. The summed E-state index contributed by atoms with van der Waals surface area (Å²) in [5.74, 6) is 0.343. The van der Waals surface area contributed by atoms with E-state index in [1.165, 1.54) is 17.6 Å². The van der Waals surface area contributed by atoms with E-state index >= 15 is 0 Å². The lowest BCUT2D eigenvalue weighted by atomic mass is 9.82. The Morgan fingerprint density at radius 2 is 2.10 bits per heavy atom. The van der Waals surface area contributed by atoms with E-state index in [9.17, 15) is 9.59 Å². The Labute approximate surface area is 180 Å². The first-order valence-corrected chi connectivity index (χ1v) is 11.2. The van der Waals surface area contributed by atoms with E-state index < -0.39 is 0 Å². The summed E-state index contributed by atoms with van der Waals surface area (Å²) in [6.45, 7) is 2.03. The third-order valence-electron chi connectivity index (χ3n) is 5.95. The van der Waals surface area contributed by atoms with E-state index in [-0.39, 0.29) is 23.9 Å². The van der Waals surface area contributed by atoms with Gasteiger partial charge in [0.05, 0.1) is 29.9 Å². The summed E-state index contributed by atoms with van der Waals surface area (Å²) < 4.78 is 11.0. The van der Waals surface area contributed by atoms with Crippen molar-refractivity contribution in [2.75, 3.05) is 32.5 Å². The average molecular weight is 430 g/mol. The highest BCUT2D eigenvalue weighted by Gasteiger charge is 2.42. The molecule has 0 radical (unpaired) electrons. The van der Waals surface area contributed by atoms with Crippen molar-refractivity contribution in [3.05, 3.63) is 34.7 Å². The van der Waals surface area contributed by atoms with Gasteiger partial charge in [-0.3, -0.25) is 9.59 Å². The van der Waals surface area contributed by atoms with Crippen molar-refractivity contribution < 1.29 is 19.1 Å². The highest BCUT2D eigenvalue weighted by molar-refractivity contribution is 7.15. The second-order valence-electron chi connectivity index (χ2n) is 7.80. The molecule has 2 aliphatic heterocycles. The van der Waals surface area contributed by atoms with Gasteiger partial charge in [-0.2, -0.15) is 0 Å². The molecule has 0 saturated carbocycles. The van der Waals surface area contributed by atoms with Crippen LogP contribution in [-0.4, -0.2) is 48.6 Å². The lowest BCUT2D eigenvalue weighted by molar-refractivity contribution is -0.142. The molecule has 4 rings (SSSR count). The minimum absolute atomic E-state index is 0.0970. The summed E-state index contributed by atoms with van der Waals surface area (Å²) in [6.07, 6.45) is 3.64. The SMILES string of the molecule is COC(=O)CCCC(=O)N1CCC2(CC1)OCCc1sc(-c3cccc(N)n3)cc12. The van der Waals surface area contributed by atoms with Crippen LogP contribution in [0, 0.1) is 0 Å². The third-order valence-corrected chi connectivity index (χ3v) is 7.17. The van der Waals surface area contributed by atoms with Crippen LogP contribution in [0.5, 0.6) is 0 Å². The Hall–Kier alpha value is -2.45. The quantitative estimate of drug-likeness (QED) is 0.734. The molecular formula is C22H27N3O4S. The number of ether oxygens (including phenoxy) is 2. The van der Waals surface area contributed by atoms with Crippen LogP contribution in [-0.2, 0) is 31.1 Å². The summed E-state index contributed by atoms with van der Waals surface area (Å²) >= 11 is 1.77. The van der Waals surface area contributed by atoms with Crippen molar-refractivity contribution in [2.45, 2.75) is 44.1 Å². The van der Waals surface area contributed by atoms with Gasteiger partial charge in [0.15, 0.2) is 0 Å². The van der Waals surface area contributed by atoms with E-state index in [2.05, 4.69) is 15.8 Å². The lowest BCUT2D eigenvalue weighted by Gasteiger charge is -2.44. The number of thiophene rings is 1. The zero-order valence-corrected chi connectivity index (χ0v) is 18.0. The molecule has 1 saturated heterocycles. The number of carbonyl (C=O) groups excluding carboxylic acids is 2. The Morgan fingerprint density at radius 3 is 2.83 bits per heavy atom. The number of hydrogen-bond donors (Lipinski definition) is 1. The largest absolute Gasteiger partial charge is 0.469 e. The van der Waals surface area contributed by atoms with E-state index in [1.54, 1.807) is 17.4 Å². The molecule has 1 amide bonds. The van der Waals surface area contributed by atoms with E-state index in [1.807, 2.05) is 17.0 Å². The molecule has 2 N–H and O–H groups in total. The van der Waals surface area contributed by atoms with Crippen molar-refractivity contribution in [1.82, 2.24) is 9.88 Å². The van der Waals surface area contributed by atoms with Crippen LogP contribution in [0.3, 0.4) is 0 Å². The maximum absolute atomic E-state index is 12.5. The molecule has 0 atom stereocenters. The maximum atomic E-state index is 12.5. The number of nitrogens with zero attached hydrogens (tertiary/aromatic N) is 2. The molecule has 0 aliphatic carbocycles. The number of amides is 1. The number of esters is 1. The minimum atomic E-state index is -0.328. The maximum Gasteiger partial charge on any atom is 0.305 e. The number of fused-ring (bicyclic) bond motifs is 2. The predicted molar refractivity (Wildman–Crippen MR) is 115 cm³/mol.